The fourth-order valence-electron chi connectivity index (χ4n) is 8.35. The number of phosphoric acid groups is 1. The molecule has 67 heavy (non-hydrogen) atoms. The van der Waals surface area contributed by atoms with Gasteiger partial charge in [0.05, 0.1) is 28.6 Å². The van der Waals surface area contributed by atoms with Gasteiger partial charge in [-0.3, -0.25) is 14.0 Å². The lowest BCUT2D eigenvalue weighted by molar-refractivity contribution is -0.141. The number of halogens is 3. The number of aliphatic carboxylic acids is 1. The molecule has 362 valence electrons. The smallest absolute Gasteiger partial charge is 0.480 e. The lowest BCUT2D eigenvalue weighted by Gasteiger charge is -2.38. The number of nitrogens with one attached hydrogen (secondary N) is 3. The first-order valence-electron chi connectivity index (χ1n) is 21.4. The average molecular weight is 1010 g/mol. The predicted octanol–water partition coefficient (Wildman–Crippen LogP) is 6.33. The van der Waals surface area contributed by atoms with Gasteiger partial charge in [0.25, 0.3) is 19.9 Å². The number of carboxylic acids is 1. The van der Waals surface area contributed by atoms with E-state index in [0.29, 0.717) is 88.1 Å². The Kier molecular flexibility index (Phi) is 15.6. The van der Waals surface area contributed by atoms with Gasteiger partial charge in [0.2, 0.25) is 0 Å². The summed E-state index contributed by atoms with van der Waals surface area (Å²) in [7, 11) is -15.4. The number of thioether (sulfide) groups is 1. The predicted molar refractivity (Wildman–Crippen MR) is 251 cm³/mol. The number of piperidine rings is 1. The van der Waals surface area contributed by atoms with Crippen molar-refractivity contribution in [1.29, 1.82) is 0 Å². The molecule has 2 fully saturated rings. The minimum absolute atomic E-state index is 0.0686. The number of rotatable bonds is 19. The van der Waals surface area contributed by atoms with E-state index in [2.05, 4.69) is 29.7 Å². The minimum Gasteiger partial charge on any atom is -0.480 e. The molecule has 0 amide bonds. The maximum absolute atomic E-state index is 14.4. The van der Waals surface area contributed by atoms with E-state index in [1.165, 1.54) is 17.8 Å². The number of benzene rings is 4. The molecule has 0 aliphatic carbocycles. The molecule has 4 aromatic carbocycles. The summed E-state index contributed by atoms with van der Waals surface area (Å²) >= 11 is 1.41. The van der Waals surface area contributed by atoms with E-state index < -0.39 is 66.1 Å². The Morgan fingerprint density at radius 2 is 1.54 bits per heavy atom. The number of likely N-dealkylation sites (tertiary alicyclic amines) is 1. The summed E-state index contributed by atoms with van der Waals surface area (Å²) in [6, 6.07) is 25.1. The number of sulfonamides is 1. The Balaban J connectivity index is 1.07. The number of carbonyl (C=O) groups is 1. The van der Waals surface area contributed by atoms with Crippen LogP contribution < -0.4 is 25.2 Å². The van der Waals surface area contributed by atoms with Crippen molar-refractivity contribution in [1.82, 2.24) is 10.2 Å². The molecule has 6 N–H and O–H groups in total. The molecule has 16 nitrogen and oxygen atoms in total. The minimum atomic E-state index is -6.08. The summed E-state index contributed by atoms with van der Waals surface area (Å²) in [6.45, 7) is 3.72. The fourth-order valence-corrected chi connectivity index (χ4v) is 11.9. The second-order valence-corrected chi connectivity index (χ2v) is 22.5. The van der Waals surface area contributed by atoms with Crippen LogP contribution in [0.2, 0.25) is 0 Å². The highest BCUT2D eigenvalue weighted by Gasteiger charge is 2.48. The zero-order chi connectivity index (χ0) is 48.0. The molecular formula is C44H52F3N6O10PS3. The number of para-hydroxylation sites is 2. The van der Waals surface area contributed by atoms with Gasteiger partial charge < -0.3 is 40.2 Å². The Hall–Kier alpha value is -4.80. The van der Waals surface area contributed by atoms with Gasteiger partial charge in [-0.05, 0) is 111 Å². The molecule has 4 aromatic rings. The third-order valence-electron chi connectivity index (χ3n) is 12.2. The first kappa shape index (κ1) is 50.1. The lowest BCUT2D eigenvalue weighted by Crippen LogP contribution is -2.46. The van der Waals surface area contributed by atoms with E-state index in [1.807, 2.05) is 47.4 Å². The van der Waals surface area contributed by atoms with E-state index >= 15 is 0 Å². The van der Waals surface area contributed by atoms with Crippen molar-refractivity contribution in [2.45, 2.75) is 50.9 Å². The van der Waals surface area contributed by atoms with E-state index in [9.17, 15) is 44.5 Å². The summed E-state index contributed by atoms with van der Waals surface area (Å²) in [4.78, 5) is 35.4. The van der Waals surface area contributed by atoms with Crippen molar-refractivity contribution < 1.29 is 58.8 Å². The first-order chi connectivity index (χ1) is 31.7. The molecule has 0 aromatic heterocycles. The van der Waals surface area contributed by atoms with Crippen LogP contribution in [0.5, 0.6) is 0 Å². The van der Waals surface area contributed by atoms with Gasteiger partial charge in [0, 0.05) is 61.6 Å². The van der Waals surface area contributed by atoms with E-state index in [1.54, 1.807) is 42.6 Å². The number of alkyl halides is 3. The van der Waals surface area contributed by atoms with Crippen LogP contribution >= 0.6 is 19.6 Å². The average Bonchev–Trinajstić information content (AvgIpc) is 3.81. The molecule has 3 aliphatic rings. The number of sulfone groups is 1. The van der Waals surface area contributed by atoms with E-state index in [0.717, 1.165) is 22.7 Å². The maximum atomic E-state index is 14.4. The van der Waals surface area contributed by atoms with Crippen molar-refractivity contribution in [3.63, 3.8) is 0 Å². The van der Waals surface area contributed by atoms with Crippen LogP contribution in [0.3, 0.4) is 0 Å². The van der Waals surface area contributed by atoms with Crippen LogP contribution in [0.4, 0.5) is 35.9 Å². The van der Waals surface area contributed by atoms with E-state index in [4.69, 9.17) is 9.79 Å². The van der Waals surface area contributed by atoms with Crippen molar-refractivity contribution in [2.24, 2.45) is 5.92 Å². The zero-order valence-electron chi connectivity index (χ0n) is 36.1. The maximum Gasteiger partial charge on any atom is 0.501 e. The third kappa shape index (κ3) is 12.3. The fraction of sp³-hybridized carbons (Fsp3) is 0.386. The number of carboxylic acid groups (broad SMARTS) is 1. The van der Waals surface area contributed by atoms with Gasteiger partial charge in [-0.25, -0.2) is 21.4 Å². The number of nitrogens with zero attached hydrogens (tertiary/aromatic N) is 3. The van der Waals surface area contributed by atoms with Gasteiger partial charge in [0.15, 0.2) is 0 Å². The zero-order valence-corrected chi connectivity index (χ0v) is 39.4. The van der Waals surface area contributed by atoms with Crippen LogP contribution in [-0.2, 0) is 39.2 Å². The third-order valence-corrected chi connectivity index (χ3v) is 16.7. The highest BCUT2D eigenvalue weighted by molar-refractivity contribution is 7.99. The largest absolute Gasteiger partial charge is 0.501 e. The van der Waals surface area contributed by atoms with Gasteiger partial charge in [-0.2, -0.15) is 13.2 Å². The van der Waals surface area contributed by atoms with Gasteiger partial charge in [-0.1, -0.05) is 42.5 Å². The molecule has 2 saturated heterocycles. The molecule has 0 radical (unpaired) electrons. The first-order valence-corrected chi connectivity index (χ1v) is 26.9. The van der Waals surface area contributed by atoms with Gasteiger partial charge >= 0.3 is 19.3 Å². The van der Waals surface area contributed by atoms with Crippen molar-refractivity contribution >= 4 is 68.2 Å². The molecule has 3 aliphatic heterocycles. The summed E-state index contributed by atoms with van der Waals surface area (Å²) in [6.07, 6.45) is 4.81. The van der Waals surface area contributed by atoms with Crippen LogP contribution in [-0.4, -0.2) is 119 Å². The monoisotopic (exact) mass is 1010 g/mol. The molecule has 7 rings (SSSR count). The summed E-state index contributed by atoms with van der Waals surface area (Å²) in [5.41, 5.74) is -5.18. The van der Waals surface area contributed by atoms with Gasteiger partial charge in [-0.15, -0.1) is 11.8 Å². The SMILES string of the molecule is O=C(O)C1(c2ccc(N3CCN(c4ccccc4NS(=O)(=O)c4ccc(NC(CCN5CCC(COP(=O)(O)O)CC5)CSc5ccccc5)c(S(=O)(=O)C(F)(F)F)c4)CC3)cc2)C=CNC1. The van der Waals surface area contributed by atoms with Crippen LogP contribution in [0.15, 0.2) is 124 Å². The molecule has 23 heteroatoms. The molecule has 0 saturated carbocycles. The number of hydrogen-bond donors (Lipinski definition) is 6. The molecule has 2 unspecified atom stereocenters. The van der Waals surface area contributed by atoms with E-state index in [-0.39, 0.29) is 24.8 Å². The molecular weight excluding hydrogens is 957 g/mol. The molecule has 2 atom stereocenters. The highest BCUT2D eigenvalue weighted by atomic mass is 32.2. The van der Waals surface area contributed by atoms with Crippen molar-refractivity contribution in [2.75, 3.05) is 84.6 Å². The number of piperazine rings is 1. The van der Waals surface area contributed by atoms with Crippen LogP contribution in [0.25, 0.3) is 0 Å². The Labute approximate surface area is 391 Å². The van der Waals surface area contributed by atoms with Gasteiger partial charge in [0.1, 0.15) is 10.3 Å². The summed E-state index contributed by atoms with van der Waals surface area (Å²) in [5, 5.41) is 15.9. The van der Waals surface area contributed by atoms with Crippen molar-refractivity contribution in [3.8, 4) is 0 Å². The topological polar surface area (TPSA) is 218 Å². The standard InChI is InChI=1S/C44H52F3N6O10PS3/c45-44(46,47)66(59,60)41-28-37(14-15-39(41)49-34(30-65-36-6-2-1-3-7-36)18-23-51-21-16-32(17-22-51)29-63-64(56,57)58)67(61,62)50-38-8-4-5-9-40(38)53-26-24-52(25-27-53)35-12-10-33(11-13-35)43(42(54)55)19-20-48-31-43/h1-15,19-20,28,32,34,48-50H,16-18,21-27,29-31H2,(H,54,55)(H2,56,57,58). The molecule has 0 bridgehead atoms. The second kappa shape index (κ2) is 20.8. The molecule has 3 heterocycles. The van der Waals surface area contributed by atoms with Crippen LogP contribution in [0.1, 0.15) is 24.8 Å². The normalized spacial score (nSPS) is 19.2. The second-order valence-electron chi connectivity index (χ2n) is 16.6. The highest BCUT2D eigenvalue weighted by Crippen LogP contribution is 2.39. The van der Waals surface area contributed by atoms with Crippen LogP contribution in [0, 0.1) is 5.92 Å². The summed E-state index contributed by atoms with van der Waals surface area (Å²) in [5.74, 6) is -0.718. The molecule has 0 spiro atoms. The summed E-state index contributed by atoms with van der Waals surface area (Å²) < 4.78 is 116. The Morgan fingerprint density at radius 1 is 0.881 bits per heavy atom. The number of phosphoric ester groups is 1. The number of anilines is 4. The lowest BCUT2D eigenvalue weighted by atomic mass is 9.81. The van der Waals surface area contributed by atoms with Crippen molar-refractivity contribution in [3.05, 3.63) is 115 Å². The number of hydrogen-bond acceptors (Lipinski definition) is 13. The Morgan fingerprint density at radius 3 is 2.16 bits per heavy atom. The Bertz CT molecular complexity index is 2670. The quantitative estimate of drug-likeness (QED) is 0.0447.